The molecule has 1 nitrogen and oxygen atoms in total. The number of hydrogen-bond acceptors (Lipinski definition) is 2. The molecule has 0 radical (unpaired) electrons. The van der Waals surface area contributed by atoms with Crippen molar-refractivity contribution >= 4 is 17.4 Å². The van der Waals surface area contributed by atoms with Crippen LogP contribution in [-0.4, -0.2) is 18.8 Å². The van der Waals surface area contributed by atoms with Crippen LogP contribution < -0.4 is 4.90 Å². The highest BCUT2D eigenvalue weighted by molar-refractivity contribution is 7.99. The standard InChI is InChI=1S/C11H13F2NS/c12-11(13)15-10-5-3-9(4-6-10)14-7-1-2-8-14/h3-6,11H,1-2,7-8H2. The lowest BCUT2D eigenvalue weighted by molar-refractivity contribution is 0.252. The van der Waals surface area contributed by atoms with E-state index in [-0.39, 0.29) is 0 Å². The summed E-state index contributed by atoms with van der Waals surface area (Å²) in [5.74, 6) is -2.33. The third-order valence-corrected chi connectivity index (χ3v) is 3.26. The van der Waals surface area contributed by atoms with Crippen LogP contribution in [0.1, 0.15) is 12.8 Å². The molecule has 0 aromatic heterocycles. The van der Waals surface area contributed by atoms with Gasteiger partial charge in [0.25, 0.3) is 5.76 Å². The maximum atomic E-state index is 12.1. The van der Waals surface area contributed by atoms with Crippen molar-refractivity contribution in [2.75, 3.05) is 18.0 Å². The lowest BCUT2D eigenvalue weighted by Crippen LogP contribution is -2.17. The average Bonchev–Trinajstić information content (AvgIpc) is 2.71. The summed E-state index contributed by atoms with van der Waals surface area (Å²) in [6.45, 7) is 2.17. The van der Waals surface area contributed by atoms with Crippen LogP contribution >= 0.6 is 11.8 Å². The monoisotopic (exact) mass is 229 g/mol. The van der Waals surface area contributed by atoms with Crippen LogP contribution in [0.3, 0.4) is 0 Å². The fourth-order valence-electron chi connectivity index (χ4n) is 1.81. The number of alkyl halides is 2. The highest BCUT2D eigenvalue weighted by Gasteiger charge is 2.12. The Kier molecular flexibility index (Phi) is 3.46. The lowest BCUT2D eigenvalue weighted by atomic mass is 10.3. The van der Waals surface area contributed by atoms with Crippen LogP contribution in [-0.2, 0) is 0 Å². The van der Waals surface area contributed by atoms with Crippen LogP contribution in [0.15, 0.2) is 29.2 Å². The minimum Gasteiger partial charge on any atom is -0.372 e. The quantitative estimate of drug-likeness (QED) is 0.728. The van der Waals surface area contributed by atoms with Crippen molar-refractivity contribution in [2.24, 2.45) is 0 Å². The Morgan fingerprint density at radius 3 is 2.20 bits per heavy atom. The molecule has 0 amide bonds. The summed E-state index contributed by atoms with van der Waals surface area (Å²) in [6, 6.07) is 7.39. The van der Waals surface area contributed by atoms with Gasteiger partial charge in [-0.05, 0) is 37.1 Å². The Labute approximate surface area is 92.5 Å². The zero-order valence-corrected chi connectivity index (χ0v) is 9.14. The maximum absolute atomic E-state index is 12.1. The second-order valence-corrected chi connectivity index (χ2v) is 4.63. The summed E-state index contributed by atoms with van der Waals surface area (Å²) in [4.78, 5) is 2.92. The van der Waals surface area contributed by atoms with E-state index < -0.39 is 5.76 Å². The molecule has 1 aliphatic heterocycles. The van der Waals surface area contributed by atoms with Crippen LogP contribution in [0.25, 0.3) is 0 Å². The third kappa shape index (κ3) is 2.84. The van der Waals surface area contributed by atoms with Crippen molar-refractivity contribution in [1.82, 2.24) is 0 Å². The molecule has 0 saturated carbocycles. The fraction of sp³-hybridized carbons (Fsp3) is 0.455. The number of rotatable bonds is 3. The van der Waals surface area contributed by atoms with Gasteiger partial charge in [0.2, 0.25) is 0 Å². The Balaban J connectivity index is 2.03. The Hall–Kier alpha value is -0.770. The first kappa shape index (κ1) is 10.7. The van der Waals surface area contributed by atoms with E-state index in [0.717, 1.165) is 18.8 Å². The molecule has 0 bridgehead atoms. The molecule has 0 N–H and O–H groups in total. The van der Waals surface area contributed by atoms with E-state index in [1.165, 1.54) is 12.8 Å². The highest BCUT2D eigenvalue weighted by Crippen LogP contribution is 2.28. The first-order valence-electron chi connectivity index (χ1n) is 5.05. The predicted molar refractivity (Wildman–Crippen MR) is 59.8 cm³/mol. The molecule has 0 spiro atoms. The second kappa shape index (κ2) is 4.84. The number of halogens is 2. The molecule has 0 atom stereocenters. The minimum atomic E-state index is -2.33. The largest absolute Gasteiger partial charge is 0.372 e. The zero-order valence-electron chi connectivity index (χ0n) is 8.33. The summed E-state index contributed by atoms with van der Waals surface area (Å²) >= 11 is 0.598. The summed E-state index contributed by atoms with van der Waals surface area (Å²) in [6.07, 6.45) is 2.46. The van der Waals surface area contributed by atoms with Gasteiger partial charge in [-0.2, -0.15) is 8.78 Å². The fourth-order valence-corrected chi connectivity index (χ4v) is 2.31. The van der Waals surface area contributed by atoms with Crippen molar-refractivity contribution in [3.8, 4) is 0 Å². The van der Waals surface area contributed by atoms with Crippen molar-refractivity contribution in [1.29, 1.82) is 0 Å². The molecular weight excluding hydrogens is 216 g/mol. The molecule has 15 heavy (non-hydrogen) atoms. The maximum Gasteiger partial charge on any atom is 0.288 e. The van der Waals surface area contributed by atoms with Gasteiger partial charge in [0.15, 0.2) is 0 Å². The predicted octanol–water partition coefficient (Wildman–Crippen LogP) is 3.60. The van der Waals surface area contributed by atoms with Gasteiger partial charge in [0, 0.05) is 23.7 Å². The van der Waals surface area contributed by atoms with Crippen LogP contribution in [0.4, 0.5) is 14.5 Å². The van der Waals surface area contributed by atoms with E-state index >= 15 is 0 Å². The van der Waals surface area contributed by atoms with Gasteiger partial charge >= 0.3 is 0 Å². The number of nitrogens with zero attached hydrogens (tertiary/aromatic N) is 1. The molecule has 0 unspecified atom stereocenters. The summed E-state index contributed by atoms with van der Waals surface area (Å²) in [5.41, 5.74) is 1.14. The molecule has 1 aromatic rings. The van der Waals surface area contributed by atoms with Gasteiger partial charge in [-0.1, -0.05) is 11.8 Å². The van der Waals surface area contributed by atoms with Gasteiger partial charge < -0.3 is 4.90 Å². The average molecular weight is 229 g/mol. The zero-order chi connectivity index (χ0) is 10.7. The molecule has 1 saturated heterocycles. The number of anilines is 1. The van der Waals surface area contributed by atoms with Crippen LogP contribution in [0.5, 0.6) is 0 Å². The molecule has 82 valence electrons. The Bertz CT molecular complexity index is 307. The topological polar surface area (TPSA) is 3.24 Å². The molecule has 4 heteroatoms. The van der Waals surface area contributed by atoms with Gasteiger partial charge in [-0.3, -0.25) is 0 Å². The summed E-state index contributed by atoms with van der Waals surface area (Å²) in [5, 5.41) is 0. The highest BCUT2D eigenvalue weighted by atomic mass is 32.2. The molecule has 1 aromatic carbocycles. The van der Waals surface area contributed by atoms with Crippen molar-refractivity contribution in [3.05, 3.63) is 24.3 Å². The van der Waals surface area contributed by atoms with Crippen molar-refractivity contribution in [2.45, 2.75) is 23.5 Å². The first-order valence-corrected chi connectivity index (χ1v) is 5.93. The number of benzene rings is 1. The van der Waals surface area contributed by atoms with Crippen LogP contribution in [0, 0.1) is 0 Å². The van der Waals surface area contributed by atoms with E-state index in [1.807, 2.05) is 12.1 Å². The molecule has 1 fully saturated rings. The Morgan fingerprint density at radius 1 is 1.07 bits per heavy atom. The van der Waals surface area contributed by atoms with Gasteiger partial charge in [0.05, 0.1) is 0 Å². The molecule has 2 rings (SSSR count). The smallest absolute Gasteiger partial charge is 0.288 e. The molecule has 1 aliphatic rings. The van der Waals surface area contributed by atoms with E-state index in [9.17, 15) is 8.78 Å². The molecule has 1 heterocycles. The molecular formula is C11H13F2NS. The minimum absolute atomic E-state index is 0.598. The van der Waals surface area contributed by atoms with E-state index in [0.29, 0.717) is 16.7 Å². The first-order chi connectivity index (χ1) is 7.25. The normalized spacial score (nSPS) is 16.3. The SMILES string of the molecule is FC(F)Sc1ccc(N2CCCC2)cc1. The van der Waals surface area contributed by atoms with Gasteiger partial charge in [-0.15, -0.1) is 0 Å². The van der Waals surface area contributed by atoms with Crippen molar-refractivity contribution < 1.29 is 8.78 Å². The Morgan fingerprint density at radius 2 is 1.67 bits per heavy atom. The van der Waals surface area contributed by atoms with Gasteiger partial charge in [-0.25, -0.2) is 0 Å². The number of thioether (sulfide) groups is 1. The van der Waals surface area contributed by atoms with Crippen LogP contribution in [0.2, 0.25) is 0 Å². The number of hydrogen-bond donors (Lipinski definition) is 0. The second-order valence-electron chi connectivity index (χ2n) is 3.57. The summed E-state index contributed by atoms with van der Waals surface area (Å²) in [7, 11) is 0. The third-order valence-electron chi connectivity index (χ3n) is 2.53. The summed E-state index contributed by atoms with van der Waals surface area (Å²) < 4.78 is 24.1. The van der Waals surface area contributed by atoms with E-state index in [4.69, 9.17) is 0 Å². The van der Waals surface area contributed by atoms with E-state index in [2.05, 4.69) is 4.90 Å². The lowest BCUT2D eigenvalue weighted by Gasteiger charge is -2.17. The van der Waals surface area contributed by atoms with Crippen molar-refractivity contribution in [3.63, 3.8) is 0 Å². The van der Waals surface area contributed by atoms with Gasteiger partial charge in [0.1, 0.15) is 0 Å². The molecule has 0 aliphatic carbocycles. The van der Waals surface area contributed by atoms with E-state index in [1.54, 1.807) is 12.1 Å².